The molecule has 1 aliphatic rings. The van der Waals surface area contributed by atoms with E-state index in [1.54, 1.807) is 19.2 Å². The topological polar surface area (TPSA) is 41.9 Å². The summed E-state index contributed by atoms with van der Waals surface area (Å²) >= 11 is 0. The minimum absolute atomic E-state index is 0.0413. The van der Waals surface area contributed by atoms with Gasteiger partial charge in [0.15, 0.2) is 0 Å². The van der Waals surface area contributed by atoms with E-state index in [1.807, 2.05) is 0 Å². The second kappa shape index (κ2) is 7.30. The average molecular weight is 319 g/mol. The summed E-state index contributed by atoms with van der Waals surface area (Å²) in [6.45, 7) is 1.43. The van der Waals surface area contributed by atoms with Crippen molar-refractivity contribution in [3.63, 3.8) is 0 Å². The summed E-state index contributed by atoms with van der Waals surface area (Å²) in [5, 5.41) is 9.38. The van der Waals surface area contributed by atoms with Crippen LogP contribution in [0, 0.1) is 0 Å². The van der Waals surface area contributed by atoms with Gasteiger partial charge in [-0.3, -0.25) is 4.90 Å². The zero-order chi connectivity index (χ0) is 16.2. The molecule has 1 saturated heterocycles. The number of aliphatic hydroxyl groups excluding tert-OH is 1. The second-order valence-corrected chi connectivity index (χ2v) is 5.37. The third-order valence-corrected chi connectivity index (χ3v) is 3.85. The lowest BCUT2D eigenvalue weighted by atomic mass is 10.1. The van der Waals surface area contributed by atoms with Crippen molar-refractivity contribution in [3.05, 3.63) is 29.8 Å². The van der Waals surface area contributed by atoms with Crippen molar-refractivity contribution in [1.29, 1.82) is 0 Å². The molecule has 2 atom stereocenters. The maximum atomic E-state index is 12.2. The molecule has 124 valence electrons. The Kier molecular flexibility index (Phi) is 5.66. The molecule has 0 radical (unpaired) electrons. The Hall–Kier alpha value is -1.31. The maximum Gasteiger partial charge on any atom is 0.573 e. The van der Waals surface area contributed by atoms with E-state index >= 15 is 0 Å². The van der Waals surface area contributed by atoms with Crippen molar-refractivity contribution < 1.29 is 27.8 Å². The van der Waals surface area contributed by atoms with E-state index in [2.05, 4.69) is 9.64 Å². The highest BCUT2D eigenvalue weighted by molar-refractivity contribution is 5.28. The first-order chi connectivity index (χ1) is 10.4. The van der Waals surface area contributed by atoms with Crippen molar-refractivity contribution in [1.82, 2.24) is 4.90 Å². The second-order valence-electron chi connectivity index (χ2n) is 5.37. The van der Waals surface area contributed by atoms with Crippen LogP contribution in [0.5, 0.6) is 5.75 Å². The van der Waals surface area contributed by atoms with Crippen molar-refractivity contribution in [2.75, 3.05) is 26.8 Å². The van der Waals surface area contributed by atoms with Crippen molar-refractivity contribution in [3.8, 4) is 5.75 Å². The SMILES string of the molecule is CO[C@H]1C[C@@H](CO)N(CCc2cccc(OC(F)(F)F)c2)C1. The predicted octanol–water partition coefficient (Wildman–Crippen LogP) is 2.21. The Labute approximate surface area is 127 Å². The number of rotatable bonds is 6. The normalized spacial score (nSPS) is 23.0. The smallest absolute Gasteiger partial charge is 0.406 e. The molecule has 0 bridgehead atoms. The average Bonchev–Trinajstić information content (AvgIpc) is 2.86. The first kappa shape index (κ1) is 17.1. The molecular weight excluding hydrogens is 299 g/mol. The van der Waals surface area contributed by atoms with Crippen LogP contribution in [0.25, 0.3) is 0 Å². The molecule has 0 aliphatic carbocycles. The van der Waals surface area contributed by atoms with E-state index in [4.69, 9.17) is 4.74 Å². The summed E-state index contributed by atoms with van der Waals surface area (Å²) in [6.07, 6.45) is -3.23. The molecule has 0 aromatic heterocycles. The number of likely N-dealkylation sites (tertiary alicyclic amines) is 1. The summed E-state index contributed by atoms with van der Waals surface area (Å²) in [7, 11) is 1.64. The monoisotopic (exact) mass is 319 g/mol. The number of aliphatic hydroxyl groups is 1. The van der Waals surface area contributed by atoms with Gasteiger partial charge in [0, 0.05) is 26.2 Å². The molecule has 1 N–H and O–H groups in total. The van der Waals surface area contributed by atoms with Crippen LogP contribution in [0.1, 0.15) is 12.0 Å². The number of ether oxygens (including phenoxy) is 2. The third-order valence-electron chi connectivity index (χ3n) is 3.85. The first-order valence-corrected chi connectivity index (χ1v) is 7.13. The summed E-state index contributed by atoms with van der Waals surface area (Å²) < 4.78 is 45.9. The number of benzene rings is 1. The minimum atomic E-state index is -4.68. The quantitative estimate of drug-likeness (QED) is 0.873. The fourth-order valence-corrected chi connectivity index (χ4v) is 2.74. The van der Waals surface area contributed by atoms with Gasteiger partial charge in [0.25, 0.3) is 0 Å². The molecule has 1 aliphatic heterocycles. The van der Waals surface area contributed by atoms with Gasteiger partial charge in [0.1, 0.15) is 5.75 Å². The van der Waals surface area contributed by atoms with Crippen LogP contribution in [0.2, 0.25) is 0 Å². The minimum Gasteiger partial charge on any atom is -0.406 e. The lowest BCUT2D eigenvalue weighted by molar-refractivity contribution is -0.274. The van der Waals surface area contributed by atoms with E-state index in [0.29, 0.717) is 13.0 Å². The van der Waals surface area contributed by atoms with Crippen LogP contribution >= 0.6 is 0 Å². The van der Waals surface area contributed by atoms with Crippen molar-refractivity contribution in [2.24, 2.45) is 0 Å². The lowest BCUT2D eigenvalue weighted by Gasteiger charge is -2.22. The Bertz CT molecular complexity index is 481. The fraction of sp³-hybridized carbons (Fsp3) is 0.600. The molecule has 22 heavy (non-hydrogen) atoms. The standard InChI is InChI=1S/C15H20F3NO3/c1-21-14-8-12(10-20)19(9-14)6-5-11-3-2-4-13(7-11)22-15(16,17)18/h2-4,7,12,14,20H,5-6,8-10H2,1H3/t12-,14-/m0/s1. The Morgan fingerprint density at radius 3 is 2.77 bits per heavy atom. The molecule has 0 spiro atoms. The van der Waals surface area contributed by atoms with Gasteiger partial charge in [-0.15, -0.1) is 13.2 Å². The Morgan fingerprint density at radius 2 is 2.14 bits per heavy atom. The number of nitrogens with zero attached hydrogens (tertiary/aromatic N) is 1. The van der Waals surface area contributed by atoms with Gasteiger partial charge in [-0.25, -0.2) is 0 Å². The zero-order valence-electron chi connectivity index (χ0n) is 12.3. The largest absolute Gasteiger partial charge is 0.573 e. The molecule has 0 amide bonds. The molecule has 4 nitrogen and oxygen atoms in total. The maximum absolute atomic E-state index is 12.2. The van der Waals surface area contributed by atoms with Crippen LogP contribution < -0.4 is 4.74 Å². The molecular formula is C15H20F3NO3. The molecule has 2 rings (SSSR count). The molecule has 1 aromatic carbocycles. The summed E-state index contributed by atoms with van der Waals surface area (Å²) in [4.78, 5) is 2.10. The number of methoxy groups -OCH3 is 1. The van der Waals surface area contributed by atoms with Gasteiger partial charge in [0.2, 0.25) is 0 Å². The molecule has 7 heteroatoms. The summed E-state index contributed by atoms with van der Waals surface area (Å²) in [5.41, 5.74) is 0.763. The van der Waals surface area contributed by atoms with Gasteiger partial charge >= 0.3 is 6.36 Å². The molecule has 0 unspecified atom stereocenters. The number of alkyl halides is 3. The van der Waals surface area contributed by atoms with Gasteiger partial charge in [-0.1, -0.05) is 12.1 Å². The number of halogens is 3. The van der Waals surface area contributed by atoms with Crippen LogP contribution in [0.4, 0.5) is 13.2 Å². The van der Waals surface area contributed by atoms with E-state index in [0.717, 1.165) is 18.5 Å². The number of hydrogen-bond donors (Lipinski definition) is 1. The fourth-order valence-electron chi connectivity index (χ4n) is 2.74. The zero-order valence-corrected chi connectivity index (χ0v) is 12.3. The summed E-state index contributed by atoms with van der Waals surface area (Å²) in [6, 6.07) is 6.03. The van der Waals surface area contributed by atoms with Crippen LogP contribution in [-0.2, 0) is 11.2 Å². The molecule has 0 saturated carbocycles. The molecule has 1 fully saturated rings. The molecule has 1 heterocycles. The van der Waals surface area contributed by atoms with Crippen LogP contribution in [-0.4, -0.2) is 55.3 Å². The Balaban J connectivity index is 1.92. The van der Waals surface area contributed by atoms with Gasteiger partial charge in [-0.05, 0) is 30.5 Å². The molecule has 1 aromatic rings. The Morgan fingerprint density at radius 1 is 1.36 bits per heavy atom. The van der Waals surface area contributed by atoms with E-state index in [9.17, 15) is 18.3 Å². The first-order valence-electron chi connectivity index (χ1n) is 7.13. The lowest BCUT2D eigenvalue weighted by Crippen LogP contribution is -2.34. The van der Waals surface area contributed by atoms with E-state index in [1.165, 1.54) is 12.1 Å². The van der Waals surface area contributed by atoms with Crippen LogP contribution in [0.3, 0.4) is 0 Å². The van der Waals surface area contributed by atoms with Crippen molar-refractivity contribution in [2.45, 2.75) is 31.3 Å². The highest BCUT2D eigenvalue weighted by Gasteiger charge is 2.32. The predicted molar refractivity (Wildman–Crippen MR) is 74.7 cm³/mol. The highest BCUT2D eigenvalue weighted by atomic mass is 19.4. The van der Waals surface area contributed by atoms with Gasteiger partial charge < -0.3 is 14.6 Å². The van der Waals surface area contributed by atoms with Gasteiger partial charge in [0.05, 0.1) is 12.7 Å². The number of hydrogen-bond acceptors (Lipinski definition) is 4. The van der Waals surface area contributed by atoms with E-state index < -0.39 is 6.36 Å². The van der Waals surface area contributed by atoms with Crippen molar-refractivity contribution >= 4 is 0 Å². The van der Waals surface area contributed by atoms with E-state index in [-0.39, 0.29) is 24.5 Å². The highest BCUT2D eigenvalue weighted by Crippen LogP contribution is 2.24. The van der Waals surface area contributed by atoms with Gasteiger partial charge in [-0.2, -0.15) is 0 Å². The third kappa shape index (κ3) is 4.86. The summed E-state index contributed by atoms with van der Waals surface area (Å²) in [5.74, 6) is -0.208. The van der Waals surface area contributed by atoms with Crippen LogP contribution in [0.15, 0.2) is 24.3 Å².